The first-order valence-corrected chi connectivity index (χ1v) is 10.8. The van der Waals surface area contributed by atoms with Gasteiger partial charge in [0.05, 0.1) is 12.0 Å². The highest BCUT2D eigenvalue weighted by Gasteiger charge is 2.20. The molecule has 0 fully saturated rings. The van der Waals surface area contributed by atoms with Crippen LogP contribution in [0.2, 0.25) is 0 Å². The molecule has 0 atom stereocenters. The SMILES string of the molecule is c1ccc(N(c2ccccc2)c2c3ccccc3cc3c(-c4ccco4)cccc23)cc1. The summed E-state index contributed by atoms with van der Waals surface area (Å²) >= 11 is 0. The van der Waals surface area contributed by atoms with E-state index in [1.807, 2.05) is 12.1 Å². The van der Waals surface area contributed by atoms with Crippen LogP contribution in [0.15, 0.2) is 132 Å². The molecule has 6 aromatic rings. The van der Waals surface area contributed by atoms with Crippen LogP contribution in [0.5, 0.6) is 0 Å². The second-order valence-electron chi connectivity index (χ2n) is 7.83. The molecule has 2 heteroatoms. The van der Waals surface area contributed by atoms with Gasteiger partial charge in [0.25, 0.3) is 0 Å². The van der Waals surface area contributed by atoms with Gasteiger partial charge in [-0.1, -0.05) is 78.9 Å². The molecule has 0 radical (unpaired) electrons. The fraction of sp³-hybridized carbons (Fsp3) is 0. The van der Waals surface area contributed by atoms with Crippen LogP contribution >= 0.6 is 0 Å². The minimum atomic E-state index is 0.878. The van der Waals surface area contributed by atoms with Crippen molar-refractivity contribution in [1.29, 1.82) is 0 Å². The number of nitrogens with zero attached hydrogens (tertiary/aromatic N) is 1. The van der Waals surface area contributed by atoms with Crippen molar-refractivity contribution in [3.05, 3.63) is 128 Å². The Morgan fingerprint density at radius 2 is 1.16 bits per heavy atom. The minimum absolute atomic E-state index is 0.878. The Kier molecular flexibility index (Phi) is 4.47. The summed E-state index contributed by atoms with van der Waals surface area (Å²) in [5, 5.41) is 4.77. The summed E-state index contributed by atoms with van der Waals surface area (Å²) < 4.78 is 5.80. The Morgan fingerprint density at radius 1 is 0.500 bits per heavy atom. The van der Waals surface area contributed by atoms with Crippen molar-refractivity contribution < 1.29 is 4.42 Å². The Balaban J connectivity index is 1.76. The summed E-state index contributed by atoms with van der Waals surface area (Å²) in [4.78, 5) is 2.36. The quantitative estimate of drug-likeness (QED) is 0.270. The molecule has 0 saturated heterocycles. The predicted octanol–water partition coefficient (Wildman–Crippen LogP) is 8.72. The van der Waals surface area contributed by atoms with E-state index in [0.717, 1.165) is 22.7 Å². The molecule has 0 saturated carbocycles. The van der Waals surface area contributed by atoms with Crippen molar-refractivity contribution in [3.8, 4) is 11.3 Å². The van der Waals surface area contributed by atoms with Crippen molar-refractivity contribution in [2.75, 3.05) is 4.90 Å². The second-order valence-corrected chi connectivity index (χ2v) is 7.83. The summed E-state index contributed by atoms with van der Waals surface area (Å²) in [5.41, 5.74) is 4.52. The molecule has 0 aliphatic rings. The van der Waals surface area contributed by atoms with Gasteiger partial charge >= 0.3 is 0 Å². The normalized spacial score (nSPS) is 11.1. The molecule has 0 bridgehead atoms. The minimum Gasteiger partial charge on any atom is -0.464 e. The van der Waals surface area contributed by atoms with Crippen LogP contribution in [-0.4, -0.2) is 0 Å². The molecule has 0 aliphatic heterocycles. The van der Waals surface area contributed by atoms with Gasteiger partial charge in [0, 0.05) is 27.7 Å². The Hall–Kier alpha value is -4.30. The maximum atomic E-state index is 5.80. The van der Waals surface area contributed by atoms with E-state index in [-0.39, 0.29) is 0 Å². The Bertz CT molecular complexity index is 1460. The van der Waals surface area contributed by atoms with Crippen LogP contribution in [-0.2, 0) is 0 Å². The van der Waals surface area contributed by atoms with Gasteiger partial charge in [0.2, 0.25) is 0 Å². The lowest BCUT2D eigenvalue weighted by molar-refractivity contribution is 0.583. The number of para-hydroxylation sites is 2. The molecular formula is C30H21NO. The van der Waals surface area contributed by atoms with E-state index in [2.05, 4.69) is 114 Å². The average Bonchev–Trinajstić information content (AvgIpc) is 3.40. The van der Waals surface area contributed by atoms with Crippen molar-refractivity contribution in [2.24, 2.45) is 0 Å². The molecule has 0 unspecified atom stereocenters. The summed E-state index contributed by atoms with van der Waals surface area (Å²) in [6.45, 7) is 0. The molecule has 152 valence electrons. The molecular weight excluding hydrogens is 390 g/mol. The van der Waals surface area contributed by atoms with E-state index in [9.17, 15) is 0 Å². The first kappa shape index (κ1) is 18.5. The third-order valence-corrected chi connectivity index (χ3v) is 5.92. The topological polar surface area (TPSA) is 16.4 Å². The number of rotatable bonds is 4. The standard InChI is InChI=1S/C30H21NO/c1-3-12-23(13-4-1)31(24-14-5-2-6-15-24)30-25-16-8-7-11-22(25)21-28-26(17-9-18-27(28)30)29-19-10-20-32-29/h1-21H. The molecule has 0 N–H and O–H groups in total. The summed E-state index contributed by atoms with van der Waals surface area (Å²) in [5.74, 6) is 0.878. The van der Waals surface area contributed by atoms with Crippen LogP contribution in [0.1, 0.15) is 0 Å². The summed E-state index contributed by atoms with van der Waals surface area (Å²) in [6.07, 6.45) is 1.73. The second kappa shape index (κ2) is 7.75. The summed E-state index contributed by atoms with van der Waals surface area (Å²) in [7, 11) is 0. The zero-order valence-electron chi connectivity index (χ0n) is 17.5. The fourth-order valence-corrected chi connectivity index (χ4v) is 4.52. The number of benzene rings is 5. The van der Waals surface area contributed by atoms with Crippen molar-refractivity contribution in [2.45, 2.75) is 0 Å². The van der Waals surface area contributed by atoms with Crippen molar-refractivity contribution in [1.82, 2.24) is 0 Å². The third kappa shape index (κ3) is 3.05. The van der Waals surface area contributed by atoms with E-state index in [1.165, 1.54) is 27.2 Å². The van der Waals surface area contributed by atoms with Gasteiger partial charge in [-0.2, -0.15) is 0 Å². The Labute approximate surface area is 187 Å². The molecule has 6 rings (SSSR count). The molecule has 32 heavy (non-hydrogen) atoms. The van der Waals surface area contributed by atoms with Gasteiger partial charge < -0.3 is 9.32 Å². The number of hydrogen-bond donors (Lipinski definition) is 0. The highest BCUT2D eigenvalue weighted by atomic mass is 16.3. The van der Waals surface area contributed by atoms with Crippen LogP contribution < -0.4 is 4.90 Å². The number of furan rings is 1. The van der Waals surface area contributed by atoms with E-state index in [1.54, 1.807) is 6.26 Å². The van der Waals surface area contributed by atoms with Gasteiger partial charge in [-0.15, -0.1) is 0 Å². The van der Waals surface area contributed by atoms with Crippen molar-refractivity contribution >= 4 is 38.6 Å². The largest absolute Gasteiger partial charge is 0.464 e. The maximum Gasteiger partial charge on any atom is 0.134 e. The molecule has 2 nitrogen and oxygen atoms in total. The average molecular weight is 412 g/mol. The zero-order valence-corrected chi connectivity index (χ0v) is 17.5. The van der Waals surface area contributed by atoms with Crippen LogP contribution in [0.3, 0.4) is 0 Å². The van der Waals surface area contributed by atoms with Crippen LogP contribution in [0.4, 0.5) is 17.1 Å². The third-order valence-electron chi connectivity index (χ3n) is 5.92. The first-order valence-electron chi connectivity index (χ1n) is 10.8. The lowest BCUT2D eigenvalue weighted by Crippen LogP contribution is -2.11. The highest BCUT2D eigenvalue weighted by Crippen LogP contribution is 2.45. The van der Waals surface area contributed by atoms with Crippen molar-refractivity contribution in [3.63, 3.8) is 0 Å². The van der Waals surface area contributed by atoms with Gasteiger partial charge in [0.1, 0.15) is 5.76 Å². The smallest absolute Gasteiger partial charge is 0.134 e. The number of anilines is 3. The van der Waals surface area contributed by atoms with Gasteiger partial charge in [-0.3, -0.25) is 0 Å². The van der Waals surface area contributed by atoms with Gasteiger partial charge in [0.15, 0.2) is 0 Å². The first-order chi connectivity index (χ1) is 15.9. The van der Waals surface area contributed by atoms with Crippen LogP contribution in [0.25, 0.3) is 32.9 Å². The van der Waals surface area contributed by atoms with Gasteiger partial charge in [-0.05, 0) is 53.2 Å². The predicted molar refractivity (Wildman–Crippen MR) is 134 cm³/mol. The highest BCUT2D eigenvalue weighted by molar-refractivity contribution is 6.17. The molecule has 0 amide bonds. The zero-order chi connectivity index (χ0) is 21.3. The van der Waals surface area contributed by atoms with Gasteiger partial charge in [-0.25, -0.2) is 0 Å². The van der Waals surface area contributed by atoms with E-state index in [4.69, 9.17) is 4.42 Å². The lowest BCUT2D eigenvalue weighted by atomic mass is 9.95. The molecule has 1 heterocycles. The lowest BCUT2D eigenvalue weighted by Gasteiger charge is -2.28. The molecule has 5 aromatic carbocycles. The maximum absolute atomic E-state index is 5.80. The summed E-state index contributed by atoms with van der Waals surface area (Å²) in [6, 6.07) is 42.4. The monoisotopic (exact) mass is 411 g/mol. The molecule has 0 spiro atoms. The van der Waals surface area contributed by atoms with Crippen LogP contribution in [0, 0.1) is 0 Å². The fourth-order valence-electron chi connectivity index (χ4n) is 4.52. The van der Waals surface area contributed by atoms with E-state index < -0.39 is 0 Å². The van der Waals surface area contributed by atoms with E-state index in [0.29, 0.717) is 0 Å². The molecule has 0 aliphatic carbocycles. The number of hydrogen-bond acceptors (Lipinski definition) is 2. The number of fused-ring (bicyclic) bond motifs is 2. The van der Waals surface area contributed by atoms with E-state index >= 15 is 0 Å². The molecule has 1 aromatic heterocycles. The Morgan fingerprint density at radius 3 is 1.84 bits per heavy atom.